The third-order valence-electron chi connectivity index (χ3n) is 2.86. The van der Waals surface area contributed by atoms with Crippen LogP contribution in [0.1, 0.15) is 45.2 Å². The van der Waals surface area contributed by atoms with E-state index in [0.29, 0.717) is 18.4 Å². The molecular formula is C13H23N3O. The average molecular weight is 237 g/mol. The molecule has 0 aromatic carbocycles. The minimum absolute atomic E-state index is 0.279. The van der Waals surface area contributed by atoms with Crippen LogP contribution >= 0.6 is 0 Å². The van der Waals surface area contributed by atoms with Crippen molar-refractivity contribution in [1.29, 1.82) is 0 Å². The minimum Gasteiger partial charge on any atom is -0.477 e. The number of rotatable bonds is 7. The zero-order valence-corrected chi connectivity index (χ0v) is 11.1. The van der Waals surface area contributed by atoms with Crippen molar-refractivity contribution in [3.8, 4) is 5.88 Å². The maximum absolute atomic E-state index is 5.69. The van der Waals surface area contributed by atoms with Crippen LogP contribution in [0.3, 0.4) is 0 Å². The van der Waals surface area contributed by atoms with Crippen LogP contribution < -0.4 is 10.5 Å². The summed E-state index contributed by atoms with van der Waals surface area (Å²) in [6, 6.07) is 1.82. The molecule has 1 aromatic rings. The first-order chi connectivity index (χ1) is 8.15. The number of ether oxygens (including phenoxy) is 1. The summed E-state index contributed by atoms with van der Waals surface area (Å²) in [6.45, 7) is 7.01. The SMILES string of the molecule is CCCCC(CC)COc1cc(C)nc(N)n1. The number of aromatic nitrogens is 2. The van der Waals surface area contributed by atoms with E-state index in [1.807, 2.05) is 13.0 Å². The molecule has 4 heteroatoms. The van der Waals surface area contributed by atoms with Gasteiger partial charge in [0.1, 0.15) is 0 Å². The number of hydrogen-bond acceptors (Lipinski definition) is 4. The molecule has 1 unspecified atom stereocenters. The fraction of sp³-hybridized carbons (Fsp3) is 0.692. The molecule has 1 atom stereocenters. The van der Waals surface area contributed by atoms with Gasteiger partial charge in [-0.25, -0.2) is 4.98 Å². The number of nitrogens with two attached hydrogens (primary N) is 1. The Kier molecular flexibility index (Phi) is 5.73. The van der Waals surface area contributed by atoms with Crippen molar-refractivity contribution in [2.45, 2.75) is 46.5 Å². The van der Waals surface area contributed by atoms with Gasteiger partial charge in [0.2, 0.25) is 11.8 Å². The monoisotopic (exact) mass is 237 g/mol. The van der Waals surface area contributed by atoms with Crippen molar-refractivity contribution in [3.05, 3.63) is 11.8 Å². The molecule has 0 aliphatic rings. The summed E-state index contributed by atoms with van der Waals surface area (Å²) >= 11 is 0. The Morgan fingerprint density at radius 2 is 2.12 bits per heavy atom. The van der Waals surface area contributed by atoms with Crippen molar-refractivity contribution in [2.75, 3.05) is 12.3 Å². The number of nitrogens with zero attached hydrogens (tertiary/aromatic N) is 2. The molecule has 0 bridgehead atoms. The normalized spacial score (nSPS) is 12.4. The Balaban J connectivity index is 2.47. The van der Waals surface area contributed by atoms with E-state index in [4.69, 9.17) is 10.5 Å². The summed E-state index contributed by atoms with van der Waals surface area (Å²) in [5.74, 6) is 1.47. The summed E-state index contributed by atoms with van der Waals surface area (Å²) in [7, 11) is 0. The second-order valence-corrected chi connectivity index (χ2v) is 4.43. The van der Waals surface area contributed by atoms with Crippen molar-refractivity contribution in [1.82, 2.24) is 9.97 Å². The lowest BCUT2D eigenvalue weighted by atomic mass is 10.0. The van der Waals surface area contributed by atoms with Crippen LogP contribution in [0.15, 0.2) is 6.07 Å². The van der Waals surface area contributed by atoms with Gasteiger partial charge in [0.15, 0.2) is 0 Å². The number of hydrogen-bond donors (Lipinski definition) is 1. The number of aryl methyl sites for hydroxylation is 1. The van der Waals surface area contributed by atoms with Gasteiger partial charge in [-0.05, 0) is 19.3 Å². The smallest absolute Gasteiger partial charge is 0.223 e. The van der Waals surface area contributed by atoms with E-state index < -0.39 is 0 Å². The lowest BCUT2D eigenvalue weighted by molar-refractivity contribution is 0.226. The van der Waals surface area contributed by atoms with Gasteiger partial charge in [-0.15, -0.1) is 0 Å². The highest BCUT2D eigenvalue weighted by Gasteiger charge is 2.08. The molecule has 1 aromatic heterocycles. The predicted molar refractivity (Wildman–Crippen MR) is 70.0 cm³/mol. The Morgan fingerprint density at radius 1 is 1.35 bits per heavy atom. The summed E-state index contributed by atoms with van der Waals surface area (Å²) in [4.78, 5) is 8.08. The van der Waals surface area contributed by atoms with Crippen molar-refractivity contribution in [3.63, 3.8) is 0 Å². The van der Waals surface area contributed by atoms with Crippen LogP contribution in [0.4, 0.5) is 5.95 Å². The zero-order chi connectivity index (χ0) is 12.7. The highest BCUT2D eigenvalue weighted by molar-refractivity contribution is 5.25. The molecule has 1 rings (SSSR count). The van der Waals surface area contributed by atoms with Gasteiger partial charge in [0.05, 0.1) is 6.61 Å². The molecule has 0 saturated carbocycles. The highest BCUT2D eigenvalue weighted by atomic mass is 16.5. The van der Waals surface area contributed by atoms with Crippen LogP contribution in [0.5, 0.6) is 5.88 Å². The molecule has 17 heavy (non-hydrogen) atoms. The molecule has 0 fully saturated rings. The molecule has 0 amide bonds. The van der Waals surface area contributed by atoms with E-state index in [-0.39, 0.29) is 5.95 Å². The summed E-state index contributed by atoms with van der Waals surface area (Å²) in [6.07, 6.45) is 4.84. The van der Waals surface area contributed by atoms with Crippen molar-refractivity contribution < 1.29 is 4.74 Å². The minimum atomic E-state index is 0.279. The van der Waals surface area contributed by atoms with Gasteiger partial charge in [0.25, 0.3) is 0 Å². The van der Waals surface area contributed by atoms with E-state index in [1.165, 1.54) is 19.3 Å². The topological polar surface area (TPSA) is 61.0 Å². The van der Waals surface area contributed by atoms with Crippen LogP contribution in [0, 0.1) is 12.8 Å². The number of nitrogen functional groups attached to an aromatic ring is 1. The van der Waals surface area contributed by atoms with Gasteiger partial charge < -0.3 is 10.5 Å². The molecular weight excluding hydrogens is 214 g/mol. The molecule has 0 aliphatic heterocycles. The van der Waals surface area contributed by atoms with E-state index in [1.54, 1.807) is 0 Å². The van der Waals surface area contributed by atoms with Gasteiger partial charge in [-0.2, -0.15) is 4.98 Å². The van der Waals surface area contributed by atoms with Gasteiger partial charge in [-0.3, -0.25) is 0 Å². The second kappa shape index (κ2) is 7.09. The van der Waals surface area contributed by atoms with Crippen molar-refractivity contribution in [2.24, 2.45) is 5.92 Å². The highest BCUT2D eigenvalue weighted by Crippen LogP contribution is 2.16. The first-order valence-corrected chi connectivity index (χ1v) is 6.39. The average Bonchev–Trinajstić information content (AvgIpc) is 2.28. The third-order valence-corrected chi connectivity index (χ3v) is 2.86. The maximum atomic E-state index is 5.69. The van der Waals surface area contributed by atoms with Crippen LogP contribution in [-0.2, 0) is 0 Å². The summed E-state index contributed by atoms with van der Waals surface area (Å²) in [5, 5.41) is 0. The van der Waals surface area contributed by atoms with E-state index in [2.05, 4.69) is 23.8 Å². The van der Waals surface area contributed by atoms with Gasteiger partial charge in [0, 0.05) is 11.8 Å². The first kappa shape index (κ1) is 13.7. The standard InChI is InChI=1S/C13H23N3O/c1-4-6-7-11(5-2)9-17-12-8-10(3)15-13(14)16-12/h8,11H,4-7,9H2,1-3H3,(H2,14,15,16). The lowest BCUT2D eigenvalue weighted by Gasteiger charge is -2.15. The number of anilines is 1. The Bertz CT molecular complexity index is 321. The predicted octanol–water partition coefficient (Wildman–Crippen LogP) is 2.96. The largest absolute Gasteiger partial charge is 0.477 e. The van der Waals surface area contributed by atoms with Crippen molar-refractivity contribution >= 4 is 5.95 Å². The summed E-state index contributed by atoms with van der Waals surface area (Å²) < 4.78 is 5.69. The van der Waals surface area contributed by atoms with Gasteiger partial charge in [-0.1, -0.05) is 33.1 Å². The number of unbranched alkanes of at least 4 members (excludes halogenated alkanes) is 1. The molecule has 96 valence electrons. The van der Waals surface area contributed by atoms with Gasteiger partial charge >= 0.3 is 0 Å². The Labute approximate surface area is 104 Å². The fourth-order valence-electron chi connectivity index (χ4n) is 1.74. The van der Waals surface area contributed by atoms with Crippen LogP contribution in [0.25, 0.3) is 0 Å². The van der Waals surface area contributed by atoms with E-state index in [0.717, 1.165) is 12.1 Å². The Morgan fingerprint density at radius 3 is 2.71 bits per heavy atom. The second-order valence-electron chi connectivity index (χ2n) is 4.43. The molecule has 1 heterocycles. The Hall–Kier alpha value is -1.32. The molecule has 0 aliphatic carbocycles. The van der Waals surface area contributed by atoms with Crippen LogP contribution in [-0.4, -0.2) is 16.6 Å². The lowest BCUT2D eigenvalue weighted by Crippen LogP contribution is -2.12. The maximum Gasteiger partial charge on any atom is 0.223 e. The first-order valence-electron chi connectivity index (χ1n) is 6.39. The quantitative estimate of drug-likeness (QED) is 0.792. The van der Waals surface area contributed by atoms with E-state index >= 15 is 0 Å². The van der Waals surface area contributed by atoms with Crippen LogP contribution in [0.2, 0.25) is 0 Å². The molecule has 0 radical (unpaired) electrons. The van der Waals surface area contributed by atoms with E-state index in [9.17, 15) is 0 Å². The molecule has 0 saturated heterocycles. The zero-order valence-electron chi connectivity index (χ0n) is 11.1. The third kappa shape index (κ3) is 5.02. The summed E-state index contributed by atoms with van der Waals surface area (Å²) in [5.41, 5.74) is 6.42. The molecule has 0 spiro atoms. The molecule has 4 nitrogen and oxygen atoms in total. The molecule has 2 N–H and O–H groups in total. The fourth-order valence-corrected chi connectivity index (χ4v) is 1.74.